The number of hydrogen-bond acceptors (Lipinski definition) is 5. The van der Waals surface area contributed by atoms with Crippen molar-refractivity contribution in [2.75, 3.05) is 17.7 Å². The van der Waals surface area contributed by atoms with Crippen LogP contribution in [0.15, 0.2) is 66.9 Å². The minimum atomic E-state index is -0.471. The second kappa shape index (κ2) is 8.79. The molecule has 0 saturated heterocycles. The van der Waals surface area contributed by atoms with Gasteiger partial charge in [-0.3, -0.25) is 14.6 Å². The molecule has 7 heteroatoms. The van der Waals surface area contributed by atoms with Gasteiger partial charge in [-0.05, 0) is 61.0 Å². The van der Waals surface area contributed by atoms with Crippen molar-refractivity contribution in [2.45, 2.75) is 6.92 Å². The van der Waals surface area contributed by atoms with Gasteiger partial charge in [0.05, 0.1) is 12.7 Å². The Morgan fingerprint density at radius 1 is 0.828 bits per heavy atom. The van der Waals surface area contributed by atoms with Gasteiger partial charge in [-0.25, -0.2) is 4.79 Å². The van der Waals surface area contributed by atoms with Crippen LogP contribution in [0.2, 0.25) is 0 Å². The van der Waals surface area contributed by atoms with Crippen molar-refractivity contribution < 1.29 is 19.1 Å². The van der Waals surface area contributed by atoms with Crippen LogP contribution in [-0.4, -0.2) is 29.9 Å². The molecule has 0 saturated carbocycles. The van der Waals surface area contributed by atoms with Gasteiger partial charge < -0.3 is 15.4 Å². The predicted octanol–water partition coefficient (Wildman–Crippen LogP) is 3.68. The van der Waals surface area contributed by atoms with Crippen molar-refractivity contribution in [3.63, 3.8) is 0 Å². The van der Waals surface area contributed by atoms with Crippen molar-refractivity contribution >= 4 is 29.2 Å². The number of methoxy groups -OCH3 is 1. The zero-order chi connectivity index (χ0) is 20.8. The lowest BCUT2D eigenvalue weighted by Crippen LogP contribution is -2.17. The number of aromatic nitrogens is 1. The summed E-state index contributed by atoms with van der Waals surface area (Å²) in [5, 5.41) is 5.48. The van der Waals surface area contributed by atoms with Crippen LogP contribution in [0.4, 0.5) is 11.4 Å². The van der Waals surface area contributed by atoms with Crippen molar-refractivity contribution in [2.24, 2.45) is 0 Å². The van der Waals surface area contributed by atoms with Gasteiger partial charge in [0.15, 0.2) is 0 Å². The summed E-state index contributed by atoms with van der Waals surface area (Å²) in [7, 11) is 1.30. The number of aryl methyl sites for hydroxylation is 1. The first-order valence-corrected chi connectivity index (χ1v) is 8.80. The number of esters is 1. The van der Waals surface area contributed by atoms with Crippen LogP contribution in [0.3, 0.4) is 0 Å². The Kier molecular flexibility index (Phi) is 5.99. The fourth-order valence-electron chi connectivity index (χ4n) is 2.62. The molecule has 0 unspecified atom stereocenters. The third-order valence-electron chi connectivity index (χ3n) is 4.09. The standard InChI is InChI=1S/C22H19N3O4/c1-14-4-3-5-18(12-14)25-20(26)16-10-11-23-19(13-16)21(27)24-17-8-6-15(7-9-17)22(28)29-2/h3-13H,1-2H3,(H,24,27)(H,25,26). The molecule has 0 atom stereocenters. The Morgan fingerprint density at radius 3 is 2.24 bits per heavy atom. The molecule has 0 aliphatic carbocycles. The zero-order valence-electron chi connectivity index (χ0n) is 15.9. The van der Waals surface area contributed by atoms with Gasteiger partial charge in [-0.1, -0.05) is 12.1 Å². The fraction of sp³-hybridized carbons (Fsp3) is 0.0909. The Balaban J connectivity index is 1.70. The molecule has 2 aromatic carbocycles. The summed E-state index contributed by atoms with van der Waals surface area (Å²) in [6, 6.07) is 16.6. The number of ether oxygens (including phenoxy) is 1. The lowest BCUT2D eigenvalue weighted by Gasteiger charge is -2.08. The first kappa shape index (κ1) is 19.8. The second-order valence-electron chi connectivity index (χ2n) is 6.28. The molecule has 0 bridgehead atoms. The summed E-state index contributed by atoms with van der Waals surface area (Å²) in [4.78, 5) is 40.4. The van der Waals surface area contributed by atoms with Crippen LogP contribution in [-0.2, 0) is 4.74 Å². The topological polar surface area (TPSA) is 97.4 Å². The number of anilines is 2. The third-order valence-corrected chi connectivity index (χ3v) is 4.09. The summed E-state index contributed by atoms with van der Waals surface area (Å²) in [5.74, 6) is -1.27. The highest BCUT2D eigenvalue weighted by molar-refractivity contribution is 6.08. The number of benzene rings is 2. The number of pyridine rings is 1. The average Bonchev–Trinajstić information content (AvgIpc) is 2.74. The van der Waals surface area contributed by atoms with Crippen LogP contribution in [0, 0.1) is 6.92 Å². The molecule has 7 nitrogen and oxygen atoms in total. The Hall–Kier alpha value is -4.00. The number of amides is 2. The van der Waals surface area contributed by atoms with Gasteiger partial charge in [-0.15, -0.1) is 0 Å². The van der Waals surface area contributed by atoms with Gasteiger partial charge in [0.1, 0.15) is 5.69 Å². The largest absolute Gasteiger partial charge is 0.465 e. The van der Waals surface area contributed by atoms with Crippen molar-refractivity contribution in [3.05, 3.63) is 89.2 Å². The van der Waals surface area contributed by atoms with E-state index in [4.69, 9.17) is 0 Å². The van der Waals surface area contributed by atoms with Crippen LogP contribution in [0.5, 0.6) is 0 Å². The lowest BCUT2D eigenvalue weighted by atomic mass is 10.1. The van der Waals surface area contributed by atoms with E-state index < -0.39 is 11.9 Å². The fourth-order valence-corrected chi connectivity index (χ4v) is 2.62. The SMILES string of the molecule is COC(=O)c1ccc(NC(=O)c2cc(C(=O)Nc3cccc(C)c3)ccn2)cc1. The first-order chi connectivity index (χ1) is 14.0. The molecule has 1 aromatic heterocycles. The molecular formula is C22H19N3O4. The molecule has 3 aromatic rings. The van der Waals surface area contributed by atoms with E-state index in [1.54, 1.807) is 30.3 Å². The van der Waals surface area contributed by atoms with E-state index >= 15 is 0 Å². The third kappa shape index (κ3) is 5.04. The maximum Gasteiger partial charge on any atom is 0.337 e. The minimum Gasteiger partial charge on any atom is -0.465 e. The second-order valence-corrected chi connectivity index (χ2v) is 6.28. The molecule has 0 aliphatic rings. The quantitative estimate of drug-likeness (QED) is 0.649. The van der Waals surface area contributed by atoms with Crippen LogP contribution < -0.4 is 10.6 Å². The highest BCUT2D eigenvalue weighted by Gasteiger charge is 2.13. The minimum absolute atomic E-state index is 0.0962. The maximum absolute atomic E-state index is 12.5. The summed E-state index contributed by atoms with van der Waals surface area (Å²) < 4.78 is 4.64. The summed E-state index contributed by atoms with van der Waals surface area (Å²) in [5.41, 5.74) is 2.96. The Bertz CT molecular complexity index is 1060. The van der Waals surface area contributed by atoms with Crippen LogP contribution >= 0.6 is 0 Å². The Morgan fingerprint density at radius 2 is 1.55 bits per heavy atom. The highest BCUT2D eigenvalue weighted by Crippen LogP contribution is 2.14. The molecular weight excluding hydrogens is 370 g/mol. The van der Waals surface area contributed by atoms with E-state index in [0.717, 1.165) is 5.56 Å². The molecule has 29 heavy (non-hydrogen) atoms. The van der Waals surface area contributed by atoms with Gasteiger partial charge >= 0.3 is 5.97 Å². The Labute approximate surface area is 167 Å². The van der Waals surface area contributed by atoms with Crippen molar-refractivity contribution in [1.82, 2.24) is 4.98 Å². The first-order valence-electron chi connectivity index (χ1n) is 8.80. The number of carbonyl (C=O) groups is 3. The van der Waals surface area contributed by atoms with Crippen LogP contribution in [0.1, 0.15) is 36.8 Å². The molecule has 2 amide bonds. The molecule has 0 radical (unpaired) electrons. The van der Waals surface area contributed by atoms with E-state index in [0.29, 0.717) is 22.5 Å². The zero-order valence-corrected chi connectivity index (χ0v) is 15.9. The summed E-state index contributed by atoms with van der Waals surface area (Å²) in [6.45, 7) is 1.93. The highest BCUT2D eigenvalue weighted by atomic mass is 16.5. The van der Waals surface area contributed by atoms with Gasteiger partial charge in [0.25, 0.3) is 11.8 Å². The van der Waals surface area contributed by atoms with E-state index in [9.17, 15) is 14.4 Å². The molecule has 146 valence electrons. The van der Waals surface area contributed by atoms with Gasteiger partial charge in [0, 0.05) is 23.1 Å². The number of nitrogens with zero attached hydrogens (tertiary/aromatic N) is 1. The number of carbonyl (C=O) groups excluding carboxylic acids is 3. The monoisotopic (exact) mass is 389 g/mol. The number of nitrogens with one attached hydrogen (secondary N) is 2. The van der Waals surface area contributed by atoms with Gasteiger partial charge in [-0.2, -0.15) is 0 Å². The van der Waals surface area contributed by atoms with Crippen molar-refractivity contribution in [3.8, 4) is 0 Å². The van der Waals surface area contributed by atoms with Crippen molar-refractivity contribution in [1.29, 1.82) is 0 Å². The van der Waals surface area contributed by atoms with E-state index in [-0.39, 0.29) is 11.6 Å². The van der Waals surface area contributed by atoms with Crippen LogP contribution in [0.25, 0.3) is 0 Å². The normalized spacial score (nSPS) is 10.1. The molecule has 3 rings (SSSR count). The van der Waals surface area contributed by atoms with Gasteiger partial charge in [0.2, 0.25) is 0 Å². The lowest BCUT2D eigenvalue weighted by molar-refractivity contribution is 0.0600. The number of hydrogen-bond donors (Lipinski definition) is 2. The molecule has 1 heterocycles. The average molecular weight is 389 g/mol. The summed E-state index contributed by atoms with van der Waals surface area (Å²) >= 11 is 0. The molecule has 0 aliphatic heterocycles. The molecule has 0 fully saturated rings. The predicted molar refractivity (Wildman–Crippen MR) is 109 cm³/mol. The molecule has 0 spiro atoms. The smallest absolute Gasteiger partial charge is 0.337 e. The molecule has 2 N–H and O–H groups in total. The van der Waals surface area contributed by atoms with E-state index in [1.165, 1.54) is 25.4 Å². The summed E-state index contributed by atoms with van der Waals surface area (Å²) in [6.07, 6.45) is 1.40. The van der Waals surface area contributed by atoms with E-state index in [2.05, 4.69) is 20.4 Å². The number of rotatable bonds is 5. The van der Waals surface area contributed by atoms with E-state index in [1.807, 2.05) is 25.1 Å². The maximum atomic E-state index is 12.5.